The van der Waals surface area contributed by atoms with E-state index in [1.807, 2.05) is 25.1 Å². The number of nitrogens with one attached hydrogen (secondary N) is 1. The van der Waals surface area contributed by atoms with Crippen molar-refractivity contribution in [2.45, 2.75) is 45.4 Å². The van der Waals surface area contributed by atoms with Crippen molar-refractivity contribution < 1.29 is 4.79 Å². The molecule has 0 saturated heterocycles. The summed E-state index contributed by atoms with van der Waals surface area (Å²) in [6, 6.07) is 5.72. The molecular formula is C18H24N2O. The highest BCUT2D eigenvalue weighted by Crippen LogP contribution is 2.60. The molecular weight excluding hydrogens is 260 g/mol. The van der Waals surface area contributed by atoms with Gasteiger partial charge in [-0.1, -0.05) is 0 Å². The first-order chi connectivity index (χ1) is 10.0. The quantitative estimate of drug-likeness (QED) is 0.813. The molecule has 0 atom stereocenters. The van der Waals surface area contributed by atoms with Gasteiger partial charge in [0, 0.05) is 11.4 Å². The molecule has 1 amide bonds. The Morgan fingerprint density at radius 3 is 2.24 bits per heavy atom. The van der Waals surface area contributed by atoms with Gasteiger partial charge in [0.25, 0.3) is 0 Å². The maximum absolute atomic E-state index is 13.0. The summed E-state index contributed by atoms with van der Waals surface area (Å²) in [6.07, 6.45) is 7.44. The Morgan fingerprint density at radius 1 is 1.14 bits per heavy atom. The first-order valence-corrected chi connectivity index (χ1v) is 8.22. The largest absolute Gasteiger partial charge is 0.399 e. The molecule has 4 bridgehead atoms. The highest BCUT2D eigenvalue weighted by Gasteiger charge is 2.54. The van der Waals surface area contributed by atoms with E-state index in [1.54, 1.807) is 0 Å². The zero-order valence-corrected chi connectivity index (χ0v) is 12.7. The van der Waals surface area contributed by atoms with Gasteiger partial charge in [-0.05, 0) is 87.0 Å². The normalized spacial score (nSPS) is 36.7. The maximum Gasteiger partial charge on any atom is 0.230 e. The van der Waals surface area contributed by atoms with Crippen molar-refractivity contribution in [2.75, 3.05) is 11.1 Å². The fraction of sp³-hybridized carbons (Fsp3) is 0.611. The summed E-state index contributed by atoms with van der Waals surface area (Å²) < 4.78 is 0. The first-order valence-electron chi connectivity index (χ1n) is 8.22. The lowest BCUT2D eigenvalue weighted by Crippen LogP contribution is -2.51. The average molecular weight is 284 g/mol. The number of carbonyl (C=O) groups is 1. The Kier molecular flexibility index (Phi) is 2.82. The molecule has 3 heteroatoms. The van der Waals surface area contributed by atoms with E-state index in [1.165, 1.54) is 19.3 Å². The Bertz CT molecular complexity index is 558. The van der Waals surface area contributed by atoms with Crippen LogP contribution in [0.1, 0.15) is 44.1 Å². The lowest BCUT2D eigenvalue weighted by atomic mass is 9.49. The van der Waals surface area contributed by atoms with Gasteiger partial charge in [0.1, 0.15) is 0 Å². The zero-order chi connectivity index (χ0) is 14.6. The smallest absolute Gasteiger partial charge is 0.230 e. The van der Waals surface area contributed by atoms with E-state index in [0.717, 1.165) is 54.0 Å². The first kappa shape index (κ1) is 13.2. The Hall–Kier alpha value is -1.51. The molecule has 3 nitrogen and oxygen atoms in total. The molecule has 0 radical (unpaired) electrons. The van der Waals surface area contributed by atoms with E-state index >= 15 is 0 Å². The number of amides is 1. The number of carbonyl (C=O) groups excluding carboxylic acids is 1. The topological polar surface area (TPSA) is 55.1 Å². The molecule has 4 aliphatic rings. The summed E-state index contributed by atoms with van der Waals surface area (Å²) in [5.74, 6) is 2.66. The lowest BCUT2D eigenvalue weighted by Gasteiger charge is -2.55. The van der Waals surface area contributed by atoms with Gasteiger partial charge in [0.05, 0.1) is 5.41 Å². The molecule has 112 valence electrons. The average Bonchev–Trinajstić information content (AvgIpc) is 2.40. The summed E-state index contributed by atoms with van der Waals surface area (Å²) >= 11 is 0. The van der Waals surface area contributed by atoms with Gasteiger partial charge in [0.15, 0.2) is 0 Å². The van der Waals surface area contributed by atoms with Gasteiger partial charge < -0.3 is 11.1 Å². The van der Waals surface area contributed by atoms with Gasteiger partial charge in [0.2, 0.25) is 5.91 Å². The van der Waals surface area contributed by atoms with Crippen LogP contribution in [0.15, 0.2) is 18.2 Å². The summed E-state index contributed by atoms with van der Waals surface area (Å²) in [5, 5.41) is 3.20. The van der Waals surface area contributed by atoms with Gasteiger partial charge in [-0.2, -0.15) is 0 Å². The summed E-state index contributed by atoms with van der Waals surface area (Å²) in [5.41, 5.74) is 8.43. The second kappa shape index (κ2) is 4.49. The molecule has 4 aliphatic carbocycles. The van der Waals surface area contributed by atoms with Gasteiger partial charge >= 0.3 is 0 Å². The van der Waals surface area contributed by atoms with E-state index in [0.29, 0.717) is 0 Å². The number of benzene rings is 1. The number of nitrogens with two attached hydrogens (primary N) is 1. The van der Waals surface area contributed by atoms with Gasteiger partial charge in [-0.25, -0.2) is 0 Å². The molecule has 0 aliphatic heterocycles. The third-order valence-corrected chi connectivity index (χ3v) is 6.02. The molecule has 5 rings (SSSR count). The van der Waals surface area contributed by atoms with Crippen molar-refractivity contribution in [3.8, 4) is 0 Å². The highest BCUT2D eigenvalue weighted by molar-refractivity contribution is 5.96. The summed E-state index contributed by atoms with van der Waals surface area (Å²) in [6.45, 7) is 2.01. The van der Waals surface area contributed by atoms with Crippen molar-refractivity contribution in [2.24, 2.45) is 23.2 Å². The number of aryl methyl sites for hydroxylation is 1. The van der Waals surface area contributed by atoms with Crippen molar-refractivity contribution in [1.82, 2.24) is 0 Å². The van der Waals surface area contributed by atoms with E-state index in [-0.39, 0.29) is 11.3 Å². The number of nitrogen functional groups attached to an aromatic ring is 1. The van der Waals surface area contributed by atoms with Crippen LogP contribution in [-0.2, 0) is 4.79 Å². The molecule has 21 heavy (non-hydrogen) atoms. The Labute approximate surface area is 126 Å². The number of rotatable bonds is 2. The van der Waals surface area contributed by atoms with Crippen LogP contribution < -0.4 is 11.1 Å². The molecule has 0 heterocycles. The fourth-order valence-corrected chi connectivity index (χ4v) is 5.47. The van der Waals surface area contributed by atoms with E-state index in [2.05, 4.69) is 5.32 Å². The zero-order valence-electron chi connectivity index (χ0n) is 12.7. The molecule has 4 fully saturated rings. The summed E-state index contributed by atoms with van der Waals surface area (Å²) in [4.78, 5) is 13.0. The van der Waals surface area contributed by atoms with Crippen molar-refractivity contribution in [3.63, 3.8) is 0 Å². The van der Waals surface area contributed by atoms with E-state index in [4.69, 9.17) is 5.73 Å². The minimum atomic E-state index is -0.0808. The number of hydrogen-bond donors (Lipinski definition) is 2. The molecule has 0 aromatic heterocycles. The van der Waals surface area contributed by atoms with Crippen molar-refractivity contribution in [1.29, 1.82) is 0 Å². The van der Waals surface area contributed by atoms with E-state index in [9.17, 15) is 4.79 Å². The lowest BCUT2D eigenvalue weighted by molar-refractivity contribution is -0.140. The van der Waals surface area contributed by atoms with Crippen LogP contribution in [0, 0.1) is 30.1 Å². The predicted molar refractivity (Wildman–Crippen MR) is 84.8 cm³/mol. The second-order valence-electron chi connectivity index (χ2n) is 7.73. The van der Waals surface area contributed by atoms with Crippen LogP contribution >= 0.6 is 0 Å². The van der Waals surface area contributed by atoms with Crippen LogP contribution in [0.3, 0.4) is 0 Å². The molecule has 1 aromatic rings. The highest BCUT2D eigenvalue weighted by atomic mass is 16.2. The number of hydrogen-bond acceptors (Lipinski definition) is 2. The second-order valence-corrected chi connectivity index (χ2v) is 7.73. The monoisotopic (exact) mass is 284 g/mol. The standard InChI is InChI=1S/C18H24N2O/c1-11-4-15(19)2-3-16(11)20-17(21)18-8-12-5-13(9-18)7-14(6-12)10-18/h2-4,12-14H,5-10,19H2,1H3,(H,20,21). The van der Waals surface area contributed by atoms with Crippen molar-refractivity contribution >= 4 is 17.3 Å². The minimum Gasteiger partial charge on any atom is -0.399 e. The maximum atomic E-state index is 13.0. The predicted octanol–water partition coefficient (Wildman–Crippen LogP) is 3.73. The van der Waals surface area contributed by atoms with Crippen LogP contribution in [-0.4, -0.2) is 5.91 Å². The molecule has 0 unspecified atom stereocenters. The Balaban J connectivity index is 1.57. The molecule has 0 spiro atoms. The SMILES string of the molecule is Cc1cc(N)ccc1NC(=O)C12CC3CC(CC(C3)C1)C2. The minimum absolute atomic E-state index is 0.0808. The molecule has 4 saturated carbocycles. The number of anilines is 2. The van der Waals surface area contributed by atoms with Gasteiger partial charge in [-0.3, -0.25) is 4.79 Å². The van der Waals surface area contributed by atoms with Crippen LogP contribution in [0.25, 0.3) is 0 Å². The van der Waals surface area contributed by atoms with Crippen LogP contribution in [0.5, 0.6) is 0 Å². The van der Waals surface area contributed by atoms with Crippen molar-refractivity contribution in [3.05, 3.63) is 23.8 Å². The van der Waals surface area contributed by atoms with Crippen LogP contribution in [0.4, 0.5) is 11.4 Å². The summed E-state index contributed by atoms with van der Waals surface area (Å²) in [7, 11) is 0. The van der Waals surface area contributed by atoms with E-state index < -0.39 is 0 Å². The fourth-order valence-electron chi connectivity index (χ4n) is 5.47. The van der Waals surface area contributed by atoms with Crippen LogP contribution in [0.2, 0.25) is 0 Å². The van der Waals surface area contributed by atoms with Gasteiger partial charge in [-0.15, -0.1) is 0 Å². The molecule has 3 N–H and O–H groups in total. The third-order valence-electron chi connectivity index (χ3n) is 6.02. The third kappa shape index (κ3) is 2.14. The Morgan fingerprint density at radius 2 is 1.71 bits per heavy atom. The molecule has 1 aromatic carbocycles.